The Balaban J connectivity index is 1.10. The van der Waals surface area contributed by atoms with E-state index in [9.17, 15) is 0 Å². The van der Waals surface area contributed by atoms with Crippen LogP contribution in [-0.4, -0.2) is 33.2 Å². The van der Waals surface area contributed by atoms with Gasteiger partial charge >= 0.3 is 0 Å². The maximum Gasteiger partial charge on any atom is 0.240 e. The summed E-state index contributed by atoms with van der Waals surface area (Å²) in [5, 5.41) is 9.20. The van der Waals surface area contributed by atoms with Crippen molar-refractivity contribution in [2.45, 2.75) is 25.7 Å². The number of aromatic nitrogens is 7. The molecule has 7 nitrogen and oxygen atoms in total. The van der Waals surface area contributed by atoms with Gasteiger partial charge in [0, 0.05) is 67.3 Å². The SMILES string of the molecule is C1#CC/C=C(n2c3ccccc3c3ccc4c5ccccc5n(-c5nc(C6=CC=C(c7ccccc7)CC6)nc(-n6c7ccccc7c7ccc8c9ccccc9n(-c9ccccc9)c8c76)n5)c4c32)\C=C/C1. The molecule has 0 N–H and O–H groups in total. The minimum Gasteiger partial charge on any atom is -0.307 e. The molecule has 15 rings (SSSR count). The fourth-order valence-corrected chi connectivity index (χ4v) is 11.7. The lowest BCUT2D eigenvalue weighted by atomic mass is 9.93. The summed E-state index contributed by atoms with van der Waals surface area (Å²) in [5.41, 5.74) is 14.4. The zero-order chi connectivity index (χ0) is 47.3. The highest BCUT2D eigenvalue weighted by atomic mass is 15.3. The molecule has 2 aliphatic rings. The number of rotatable bonds is 6. The summed E-state index contributed by atoms with van der Waals surface area (Å²) in [7, 11) is 0. The van der Waals surface area contributed by atoms with Gasteiger partial charge in [-0.2, -0.15) is 15.0 Å². The van der Waals surface area contributed by atoms with Crippen LogP contribution in [0.4, 0.5) is 0 Å². The van der Waals surface area contributed by atoms with Crippen molar-refractivity contribution in [2.24, 2.45) is 0 Å². The van der Waals surface area contributed by atoms with E-state index in [4.69, 9.17) is 15.0 Å². The first kappa shape index (κ1) is 40.4. The number of hydrogen-bond donors (Lipinski definition) is 0. The Labute approximate surface area is 414 Å². The first-order valence-corrected chi connectivity index (χ1v) is 24.8. The Kier molecular flexibility index (Phi) is 8.99. The average Bonchev–Trinajstić information content (AvgIpc) is 4.17. The summed E-state index contributed by atoms with van der Waals surface area (Å²) in [6, 6.07) is 65.4. The van der Waals surface area contributed by atoms with Crippen molar-refractivity contribution in [3.63, 3.8) is 0 Å². The van der Waals surface area contributed by atoms with E-state index in [2.05, 4.69) is 242 Å². The first-order chi connectivity index (χ1) is 35.8. The van der Waals surface area contributed by atoms with E-state index >= 15 is 0 Å². The molecule has 0 saturated heterocycles. The van der Waals surface area contributed by atoms with Gasteiger partial charge in [0.25, 0.3) is 0 Å². The fourth-order valence-electron chi connectivity index (χ4n) is 11.7. The lowest BCUT2D eigenvalue weighted by Crippen LogP contribution is -2.13. The van der Waals surface area contributed by atoms with Crippen LogP contribution in [0, 0.1) is 11.8 Å². The lowest BCUT2D eigenvalue weighted by Gasteiger charge is -2.17. The molecule has 0 aliphatic heterocycles. The summed E-state index contributed by atoms with van der Waals surface area (Å²) < 4.78 is 9.46. The van der Waals surface area contributed by atoms with Crippen LogP contribution in [0.3, 0.4) is 0 Å². The van der Waals surface area contributed by atoms with Crippen molar-refractivity contribution < 1.29 is 0 Å². The van der Waals surface area contributed by atoms with Crippen molar-refractivity contribution in [3.8, 4) is 29.4 Å². The standard InChI is InChI=1S/C65H43N7/c1-2-8-22-45(23-9-3-1)69-55-30-16-12-26-47(55)51-38-40-53-49-28-14-18-32-57(49)71(61(53)59(51)69)64-66-63(44-36-34-43(35-37-44)42-20-6-4-7-21-42)67-65(68-64)72-58-33-19-15-29-50(58)54-41-39-52-48-27-13-17-31-56(48)70(60(52)62(54)72)46-24-10-5-11-25-46/h4-8,10-34,36,38-41H,2,9,35,37H2/b22-8-,45-23+. The molecule has 0 saturated carbocycles. The Hall–Kier alpha value is -9.51. The smallest absolute Gasteiger partial charge is 0.240 e. The van der Waals surface area contributed by atoms with Gasteiger partial charge in [-0.1, -0.05) is 176 Å². The van der Waals surface area contributed by atoms with Gasteiger partial charge in [0.05, 0.1) is 44.1 Å². The summed E-state index contributed by atoms with van der Waals surface area (Å²) in [5.74, 6) is 8.41. The summed E-state index contributed by atoms with van der Waals surface area (Å²) in [6.45, 7) is 0. The third-order valence-corrected chi connectivity index (χ3v) is 14.8. The van der Waals surface area contributed by atoms with E-state index in [1.54, 1.807) is 0 Å². The highest BCUT2D eigenvalue weighted by Crippen LogP contribution is 2.44. The van der Waals surface area contributed by atoms with Crippen molar-refractivity contribution in [2.75, 3.05) is 0 Å². The van der Waals surface area contributed by atoms with E-state index < -0.39 is 0 Å². The van der Waals surface area contributed by atoms with Crippen LogP contribution in [0.1, 0.15) is 37.1 Å². The van der Waals surface area contributed by atoms with Gasteiger partial charge in [-0.25, -0.2) is 0 Å². The second-order valence-corrected chi connectivity index (χ2v) is 18.8. The molecular weight excluding hydrogens is 879 g/mol. The number of fused-ring (bicyclic) bond motifs is 14. The van der Waals surface area contributed by atoms with Crippen molar-refractivity contribution >= 4 is 104 Å². The Bertz CT molecular complexity index is 4620. The van der Waals surface area contributed by atoms with Gasteiger partial charge in [0.1, 0.15) is 0 Å². The van der Waals surface area contributed by atoms with Crippen LogP contribution in [0.5, 0.6) is 0 Å². The van der Waals surface area contributed by atoms with E-state index in [0.717, 1.165) is 106 Å². The minimum absolute atomic E-state index is 0.555. The predicted octanol–water partition coefficient (Wildman–Crippen LogP) is 15.7. The second-order valence-electron chi connectivity index (χ2n) is 18.8. The molecule has 8 aromatic carbocycles. The maximum atomic E-state index is 5.77. The summed E-state index contributed by atoms with van der Waals surface area (Å²) in [6.07, 6.45) is 14.2. The van der Waals surface area contributed by atoms with E-state index in [-0.39, 0.29) is 0 Å². The highest BCUT2D eigenvalue weighted by molar-refractivity contribution is 6.25. The first-order valence-electron chi connectivity index (χ1n) is 24.8. The van der Waals surface area contributed by atoms with Gasteiger partial charge < -0.3 is 9.13 Å². The monoisotopic (exact) mass is 921 g/mol. The molecular formula is C65H43N7. The number of benzene rings is 8. The fraction of sp³-hybridized carbons (Fsp3) is 0.0615. The van der Waals surface area contributed by atoms with Gasteiger partial charge in [0.2, 0.25) is 11.9 Å². The topological polar surface area (TPSA) is 58.4 Å². The van der Waals surface area contributed by atoms with Crippen LogP contribution in [0.25, 0.3) is 122 Å². The van der Waals surface area contributed by atoms with E-state index in [1.165, 1.54) is 21.9 Å². The number of nitrogens with zero attached hydrogens (tertiary/aromatic N) is 7. The summed E-state index contributed by atoms with van der Waals surface area (Å²) >= 11 is 0. The zero-order valence-corrected chi connectivity index (χ0v) is 39.2. The highest BCUT2D eigenvalue weighted by Gasteiger charge is 2.27. The molecule has 0 fully saturated rings. The van der Waals surface area contributed by atoms with Crippen LogP contribution >= 0.6 is 0 Å². The third kappa shape index (κ3) is 6.03. The molecule has 72 heavy (non-hydrogen) atoms. The van der Waals surface area contributed by atoms with Crippen molar-refractivity contribution in [1.29, 1.82) is 0 Å². The molecule has 7 heteroatoms. The van der Waals surface area contributed by atoms with Crippen LogP contribution < -0.4 is 0 Å². The Morgan fingerprint density at radius 2 is 0.792 bits per heavy atom. The summed E-state index contributed by atoms with van der Waals surface area (Å²) in [4.78, 5) is 17.0. The minimum atomic E-state index is 0.555. The van der Waals surface area contributed by atoms with Gasteiger partial charge in [-0.15, -0.1) is 0 Å². The third-order valence-electron chi connectivity index (χ3n) is 14.8. The molecule has 5 aromatic heterocycles. The Morgan fingerprint density at radius 1 is 0.361 bits per heavy atom. The lowest BCUT2D eigenvalue weighted by molar-refractivity contribution is 0.865. The number of allylic oxidation sites excluding steroid dienone is 8. The van der Waals surface area contributed by atoms with Gasteiger partial charge in [-0.05, 0) is 78.1 Å². The predicted molar refractivity (Wildman–Crippen MR) is 298 cm³/mol. The average molecular weight is 922 g/mol. The molecule has 0 unspecified atom stereocenters. The normalized spacial score (nSPS) is 15.2. The molecule has 338 valence electrons. The second kappa shape index (κ2) is 16.0. The van der Waals surface area contributed by atoms with E-state index in [0.29, 0.717) is 30.6 Å². The molecule has 0 bridgehead atoms. The van der Waals surface area contributed by atoms with Gasteiger partial charge in [-0.3, -0.25) is 9.13 Å². The molecule has 0 amide bonds. The molecule has 2 aliphatic carbocycles. The maximum absolute atomic E-state index is 5.77. The number of hydrogen-bond acceptors (Lipinski definition) is 3. The van der Waals surface area contributed by atoms with Crippen LogP contribution in [0.2, 0.25) is 0 Å². The Morgan fingerprint density at radius 3 is 1.33 bits per heavy atom. The number of para-hydroxylation sites is 5. The molecule has 0 atom stereocenters. The zero-order valence-electron chi connectivity index (χ0n) is 39.2. The van der Waals surface area contributed by atoms with Crippen molar-refractivity contribution in [1.82, 2.24) is 33.2 Å². The molecule has 0 radical (unpaired) electrons. The molecule has 13 aromatic rings. The quantitative estimate of drug-likeness (QED) is 0.156. The van der Waals surface area contributed by atoms with Crippen LogP contribution in [-0.2, 0) is 0 Å². The van der Waals surface area contributed by atoms with Gasteiger partial charge in [0.15, 0.2) is 5.82 Å². The van der Waals surface area contributed by atoms with Crippen molar-refractivity contribution in [3.05, 3.63) is 224 Å². The van der Waals surface area contributed by atoms with Crippen LogP contribution in [0.15, 0.2) is 212 Å². The molecule has 5 heterocycles. The van der Waals surface area contributed by atoms with E-state index in [1.807, 2.05) is 0 Å². The molecule has 0 spiro atoms. The largest absolute Gasteiger partial charge is 0.307 e.